The van der Waals surface area contributed by atoms with E-state index in [2.05, 4.69) is 41.4 Å². The van der Waals surface area contributed by atoms with Gasteiger partial charge in [-0.25, -0.2) is 13.1 Å². The molecule has 0 saturated carbocycles. The molecule has 1 heterocycles. The number of carbonyl (C=O) groups is 1. The number of nitrogens with one attached hydrogen (secondary N) is 2. The third-order valence-corrected chi connectivity index (χ3v) is 8.49. The number of amides is 1. The van der Waals surface area contributed by atoms with Gasteiger partial charge in [-0.3, -0.25) is 4.79 Å². The minimum absolute atomic E-state index is 0.0550. The van der Waals surface area contributed by atoms with Crippen molar-refractivity contribution in [2.24, 2.45) is 5.92 Å². The van der Waals surface area contributed by atoms with Crippen LogP contribution in [0.5, 0.6) is 0 Å². The maximum absolute atomic E-state index is 12.3. The number of allylic oxidation sites excluding steroid dienone is 1. The zero-order valence-electron chi connectivity index (χ0n) is 17.7. The minimum Gasteiger partial charge on any atom is -0.353 e. The normalized spacial score (nSPS) is 20.7. The molecule has 1 aromatic heterocycles. The zero-order valence-corrected chi connectivity index (χ0v) is 19.3. The van der Waals surface area contributed by atoms with E-state index in [9.17, 15) is 13.2 Å². The van der Waals surface area contributed by atoms with Gasteiger partial charge in [0.05, 0.1) is 4.75 Å². The molecule has 1 aliphatic carbocycles. The van der Waals surface area contributed by atoms with Crippen molar-refractivity contribution in [2.45, 2.75) is 77.5 Å². The van der Waals surface area contributed by atoms with E-state index < -0.39 is 14.8 Å². The first-order valence-electron chi connectivity index (χ1n) is 10.0. The van der Waals surface area contributed by atoms with Gasteiger partial charge in [-0.15, -0.1) is 11.3 Å². The molecule has 0 aliphatic heterocycles. The van der Waals surface area contributed by atoms with E-state index >= 15 is 0 Å². The second kappa shape index (κ2) is 9.55. The van der Waals surface area contributed by atoms with Crippen LogP contribution >= 0.6 is 11.3 Å². The van der Waals surface area contributed by atoms with Crippen LogP contribution in [0, 0.1) is 12.8 Å². The summed E-state index contributed by atoms with van der Waals surface area (Å²) in [6, 6.07) is 2.41. The molecule has 2 unspecified atom stereocenters. The standard InChI is InChI=1S/C21H34N2O3S2/c1-15-12-19(27-14-15)17-9-10-18(16(2)13-17)23-20(24)8-6-7-11-22-28(25,26)21(3,4)5/h9,12,14,16,18,22H,6-8,10-11,13H2,1-5H3,(H,23,24). The summed E-state index contributed by atoms with van der Waals surface area (Å²) in [5, 5.41) is 5.34. The summed E-state index contributed by atoms with van der Waals surface area (Å²) in [7, 11) is -3.31. The highest BCUT2D eigenvalue weighted by Crippen LogP contribution is 2.34. The Balaban J connectivity index is 1.71. The predicted molar refractivity (Wildman–Crippen MR) is 118 cm³/mol. The maximum Gasteiger partial charge on any atom is 0.220 e. The second-order valence-corrected chi connectivity index (χ2v) is 12.2. The quantitative estimate of drug-likeness (QED) is 0.611. The van der Waals surface area contributed by atoms with Crippen LogP contribution in [0.1, 0.15) is 70.2 Å². The summed E-state index contributed by atoms with van der Waals surface area (Å²) < 4.78 is 25.8. The first kappa shape index (κ1) is 23.1. The van der Waals surface area contributed by atoms with Crippen LogP contribution in [-0.4, -0.2) is 31.7 Å². The second-order valence-electron chi connectivity index (χ2n) is 8.78. The summed E-state index contributed by atoms with van der Waals surface area (Å²) in [5.41, 5.74) is 2.69. The number of aryl methyl sites for hydroxylation is 1. The third kappa shape index (κ3) is 6.42. The third-order valence-electron chi connectivity index (χ3n) is 5.17. The molecule has 2 atom stereocenters. The molecule has 0 radical (unpaired) electrons. The lowest BCUT2D eigenvalue weighted by Crippen LogP contribution is -2.41. The van der Waals surface area contributed by atoms with Gasteiger partial charge < -0.3 is 5.32 Å². The molecule has 5 nitrogen and oxygen atoms in total. The van der Waals surface area contributed by atoms with E-state index in [1.54, 1.807) is 32.1 Å². The van der Waals surface area contributed by atoms with E-state index in [1.807, 2.05) is 0 Å². The molecule has 2 rings (SSSR count). The lowest BCUT2D eigenvalue weighted by Gasteiger charge is -2.29. The van der Waals surface area contributed by atoms with Crippen LogP contribution in [0.25, 0.3) is 5.57 Å². The highest BCUT2D eigenvalue weighted by Gasteiger charge is 2.28. The maximum atomic E-state index is 12.3. The van der Waals surface area contributed by atoms with Crippen molar-refractivity contribution in [3.05, 3.63) is 28.0 Å². The fourth-order valence-electron chi connectivity index (χ4n) is 3.19. The van der Waals surface area contributed by atoms with E-state index in [4.69, 9.17) is 0 Å². The first-order chi connectivity index (χ1) is 13.0. The van der Waals surface area contributed by atoms with Gasteiger partial charge in [0.2, 0.25) is 15.9 Å². The topological polar surface area (TPSA) is 75.3 Å². The minimum atomic E-state index is -3.31. The van der Waals surface area contributed by atoms with Crippen LogP contribution in [0.15, 0.2) is 17.5 Å². The van der Waals surface area contributed by atoms with Crippen molar-refractivity contribution in [3.63, 3.8) is 0 Å². The Kier molecular flexibility index (Phi) is 7.88. The molecule has 28 heavy (non-hydrogen) atoms. The number of hydrogen-bond acceptors (Lipinski definition) is 4. The molecule has 0 bridgehead atoms. The first-order valence-corrected chi connectivity index (χ1v) is 12.4. The Bertz CT molecular complexity index is 804. The Morgan fingerprint density at radius 3 is 2.57 bits per heavy atom. The molecule has 1 aromatic rings. The molecule has 0 spiro atoms. The lowest BCUT2D eigenvalue weighted by molar-refractivity contribution is -0.122. The number of carbonyl (C=O) groups excluding carboxylic acids is 1. The summed E-state index contributed by atoms with van der Waals surface area (Å²) in [6.45, 7) is 9.71. The van der Waals surface area contributed by atoms with E-state index in [1.165, 1.54) is 16.0 Å². The largest absolute Gasteiger partial charge is 0.353 e. The smallest absolute Gasteiger partial charge is 0.220 e. The van der Waals surface area contributed by atoms with E-state index in [-0.39, 0.29) is 11.9 Å². The predicted octanol–water partition coefficient (Wildman–Crippen LogP) is 4.24. The molecule has 7 heteroatoms. The number of hydrogen-bond donors (Lipinski definition) is 2. The van der Waals surface area contributed by atoms with Crippen molar-refractivity contribution in [2.75, 3.05) is 6.54 Å². The molecular weight excluding hydrogens is 392 g/mol. The summed E-state index contributed by atoms with van der Waals surface area (Å²) in [5.74, 6) is 0.462. The van der Waals surface area contributed by atoms with Crippen LogP contribution in [0.4, 0.5) is 0 Å². The Labute approximate surface area is 174 Å². The molecule has 0 fully saturated rings. The number of sulfonamides is 1. The summed E-state index contributed by atoms with van der Waals surface area (Å²) >= 11 is 1.79. The Hall–Kier alpha value is -1.18. The van der Waals surface area contributed by atoms with Gasteiger partial charge in [-0.2, -0.15) is 0 Å². The molecular formula is C21H34N2O3S2. The van der Waals surface area contributed by atoms with Gasteiger partial charge in [-0.1, -0.05) is 13.0 Å². The fraction of sp³-hybridized carbons (Fsp3) is 0.667. The van der Waals surface area contributed by atoms with Crippen molar-refractivity contribution in [1.82, 2.24) is 10.0 Å². The Morgan fingerprint density at radius 1 is 1.29 bits per heavy atom. The fourth-order valence-corrected chi connectivity index (χ4v) is 4.99. The molecule has 158 valence electrons. The zero-order chi connectivity index (χ0) is 20.9. The number of thiophene rings is 1. The summed E-state index contributed by atoms with van der Waals surface area (Å²) in [4.78, 5) is 13.6. The molecule has 1 amide bonds. The van der Waals surface area contributed by atoms with Crippen molar-refractivity contribution >= 4 is 32.8 Å². The Morgan fingerprint density at radius 2 is 2.00 bits per heavy atom. The molecule has 0 aromatic carbocycles. The SMILES string of the molecule is Cc1csc(C2=CCC(NC(=O)CCCCNS(=O)(=O)C(C)(C)C)C(C)C2)c1. The molecule has 0 saturated heterocycles. The molecule has 1 aliphatic rings. The van der Waals surface area contributed by atoms with Crippen molar-refractivity contribution in [3.8, 4) is 0 Å². The highest BCUT2D eigenvalue weighted by atomic mass is 32.2. The van der Waals surface area contributed by atoms with Crippen LogP contribution in [-0.2, 0) is 14.8 Å². The van der Waals surface area contributed by atoms with Crippen molar-refractivity contribution in [1.29, 1.82) is 0 Å². The van der Waals surface area contributed by atoms with E-state index in [0.717, 1.165) is 12.8 Å². The monoisotopic (exact) mass is 426 g/mol. The van der Waals surface area contributed by atoms with Gasteiger partial charge in [0, 0.05) is 23.9 Å². The number of unbranched alkanes of at least 4 members (excludes halogenated alkanes) is 1. The number of rotatable bonds is 8. The summed E-state index contributed by atoms with van der Waals surface area (Å²) in [6.07, 6.45) is 5.88. The van der Waals surface area contributed by atoms with Gasteiger partial charge in [0.1, 0.15) is 0 Å². The van der Waals surface area contributed by atoms with Gasteiger partial charge in [0.15, 0.2) is 0 Å². The average molecular weight is 427 g/mol. The van der Waals surface area contributed by atoms with Crippen molar-refractivity contribution < 1.29 is 13.2 Å². The highest BCUT2D eigenvalue weighted by molar-refractivity contribution is 7.90. The average Bonchev–Trinajstić information content (AvgIpc) is 3.01. The van der Waals surface area contributed by atoms with Gasteiger partial charge in [0.25, 0.3) is 0 Å². The lowest BCUT2D eigenvalue weighted by atomic mass is 9.85. The molecule has 2 N–H and O–H groups in total. The van der Waals surface area contributed by atoms with Crippen LogP contribution in [0.3, 0.4) is 0 Å². The van der Waals surface area contributed by atoms with E-state index in [0.29, 0.717) is 31.7 Å². The van der Waals surface area contributed by atoms with Crippen LogP contribution in [0.2, 0.25) is 0 Å². The van der Waals surface area contributed by atoms with Gasteiger partial charge in [-0.05, 0) is 81.9 Å². The van der Waals surface area contributed by atoms with Gasteiger partial charge >= 0.3 is 0 Å². The van der Waals surface area contributed by atoms with Crippen LogP contribution < -0.4 is 10.0 Å².